The van der Waals surface area contributed by atoms with Gasteiger partial charge >= 0.3 is 6.03 Å². The molecule has 8 heteroatoms. The van der Waals surface area contributed by atoms with E-state index in [0.717, 1.165) is 4.90 Å². The maximum absolute atomic E-state index is 13.9. The van der Waals surface area contributed by atoms with Crippen LogP contribution in [-0.4, -0.2) is 59.5 Å². The van der Waals surface area contributed by atoms with Gasteiger partial charge in [0.1, 0.15) is 12.3 Å². The number of hydrogen-bond acceptors (Lipinski definition) is 4. The molecule has 0 aromatic heterocycles. The third-order valence-electron chi connectivity index (χ3n) is 3.32. The molecule has 104 valence electrons. The highest BCUT2D eigenvalue weighted by Gasteiger charge is 2.49. The lowest BCUT2D eigenvalue weighted by atomic mass is 10.1. The summed E-state index contributed by atoms with van der Waals surface area (Å²) in [7, 11) is 0. The summed E-state index contributed by atoms with van der Waals surface area (Å²) < 4.78 is 32.5. The Bertz CT molecular complexity index is 333. The van der Waals surface area contributed by atoms with Crippen LogP contribution in [0, 0.1) is 0 Å². The zero-order valence-corrected chi connectivity index (χ0v) is 9.92. The fourth-order valence-electron chi connectivity index (χ4n) is 2.21. The predicted molar refractivity (Wildman–Crippen MR) is 58.0 cm³/mol. The molecule has 0 spiro atoms. The number of alkyl halides is 2. The van der Waals surface area contributed by atoms with Crippen LogP contribution in [0.5, 0.6) is 0 Å². The molecule has 0 saturated carbocycles. The molecule has 2 fully saturated rings. The largest absolute Gasteiger partial charge is 0.387 e. The van der Waals surface area contributed by atoms with Gasteiger partial charge in [0.2, 0.25) is 0 Å². The van der Waals surface area contributed by atoms with Crippen LogP contribution in [0.15, 0.2) is 0 Å². The summed E-state index contributed by atoms with van der Waals surface area (Å²) in [6.07, 6.45) is -7.20. The Hall–Kier alpha value is -0.990. The van der Waals surface area contributed by atoms with Gasteiger partial charge in [-0.15, -0.1) is 0 Å². The quantitative estimate of drug-likeness (QED) is 0.625. The molecule has 6 nitrogen and oxygen atoms in total. The van der Waals surface area contributed by atoms with Gasteiger partial charge < -0.3 is 20.9 Å². The summed E-state index contributed by atoms with van der Waals surface area (Å²) in [5.74, 6) is 0. The third kappa shape index (κ3) is 2.15. The zero-order chi connectivity index (χ0) is 13.4. The average Bonchev–Trinajstić information content (AvgIpc) is 2.61. The van der Waals surface area contributed by atoms with E-state index in [1.165, 1.54) is 0 Å². The molecular formula is C10H17F2N3O3. The van der Waals surface area contributed by atoms with Crippen molar-refractivity contribution in [2.24, 2.45) is 5.73 Å². The maximum Gasteiger partial charge on any atom is 0.320 e. The van der Waals surface area contributed by atoms with Crippen molar-refractivity contribution < 1.29 is 23.4 Å². The first-order chi connectivity index (χ1) is 8.45. The SMILES string of the molecule is CC[C@@H]1O[C@H](N2C[C@H](F)[C@H](N)NC2=O)[C@H]([18F])[C@@H]1O. The highest BCUT2D eigenvalue weighted by Crippen LogP contribution is 2.29. The number of nitrogens with two attached hydrogens (primary N) is 1. The van der Waals surface area contributed by atoms with Crippen molar-refractivity contribution in [2.45, 2.75) is 50.3 Å². The first-order valence-corrected chi connectivity index (χ1v) is 5.90. The maximum atomic E-state index is 13.9. The van der Waals surface area contributed by atoms with Gasteiger partial charge in [-0.25, -0.2) is 13.6 Å². The zero-order valence-electron chi connectivity index (χ0n) is 9.92. The molecule has 6 atom stereocenters. The minimum atomic E-state index is -1.75. The van der Waals surface area contributed by atoms with E-state index < -0.39 is 43.0 Å². The molecule has 4 N–H and O–H groups in total. The topological polar surface area (TPSA) is 87.8 Å². The normalized spacial score (nSPS) is 45.2. The number of ether oxygens (including phenoxy) is 1. The van der Waals surface area contributed by atoms with E-state index in [1.807, 2.05) is 0 Å². The van der Waals surface area contributed by atoms with Gasteiger partial charge in [-0.1, -0.05) is 6.92 Å². The highest BCUT2D eigenvalue weighted by atomic mass is 19.1. The van der Waals surface area contributed by atoms with Crippen molar-refractivity contribution in [3.63, 3.8) is 0 Å². The summed E-state index contributed by atoms with van der Waals surface area (Å²) in [6, 6.07) is -0.687. The lowest BCUT2D eigenvalue weighted by Crippen LogP contribution is -2.64. The molecule has 2 rings (SSSR count). The molecular weight excluding hydrogens is 247 g/mol. The van der Waals surface area contributed by atoms with Crippen LogP contribution in [-0.2, 0) is 4.74 Å². The number of carbonyl (C=O) groups is 1. The van der Waals surface area contributed by atoms with Crippen LogP contribution < -0.4 is 11.1 Å². The van der Waals surface area contributed by atoms with Gasteiger partial charge in [0.25, 0.3) is 0 Å². The molecule has 2 aliphatic rings. The minimum Gasteiger partial charge on any atom is -0.387 e. The van der Waals surface area contributed by atoms with Crippen LogP contribution >= 0.6 is 0 Å². The lowest BCUT2D eigenvalue weighted by Gasteiger charge is -2.37. The van der Waals surface area contributed by atoms with Crippen molar-refractivity contribution in [3.8, 4) is 0 Å². The molecule has 2 saturated heterocycles. The smallest absolute Gasteiger partial charge is 0.320 e. The van der Waals surface area contributed by atoms with Crippen LogP contribution in [0.1, 0.15) is 13.3 Å². The van der Waals surface area contributed by atoms with Gasteiger partial charge in [0.05, 0.1) is 12.6 Å². The number of rotatable bonds is 2. The van der Waals surface area contributed by atoms with E-state index >= 15 is 0 Å². The summed E-state index contributed by atoms with van der Waals surface area (Å²) in [6.45, 7) is 1.38. The predicted octanol–water partition coefficient (Wildman–Crippen LogP) is -0.532. The van der Waals surface area contributed by atoms with Gasteiger partial charge in [0, 0.05) is 0 Å². The van der Waals surface area contributed by atoms with Gasteiger partial charge in [0.15, 0.2) is 18.6 Å². The standard InChI is InChI=1S/C10H17F2N3O3/c1-2-5-7(16)6(12)9(18-5)15-3-4(11)8(13)14-10(15)17/h4-9,16H,2-3,13H2,1H3,(H,14,17)/t4-,5-,6+,7+,8+,9-/m0/s1/i12-1. The van der Waals surface area contributed by atoms with E-state index in [2.05, 4.69) is 5.32 Å². The molecule has 0 bridgehead atoms. The Morgan fingerprint density at radius 1 is 1.61 bits per heavy atom. The first kappa shape index (κ1) is 13.4. The van der Waals surface area contributed by atoms with Crippen molar-refractivity contribution in [2.75, 3.05) is 6.54 Å². The van der Waals surface area contributed by atoms with Gasteiger partial charge in [-0.2, -0.15) is 0 Å². The van der Waals surface area contributed by atoms with Crippen LogP contribution in [0.4, 0.5) is 13.6 Å². The number of carbonyl (C=O) groups excluding carboxylic acids is 1. The van der Waals surface area contributed by atoms with E-state index in [4.69, 9.17) is 10.5 Å². The van der Waals surface area contributed by atoms with Crippen molar-refractivity contribution >= 4 is 6.03 Å². The minimum absolute atomic E-state index is 0.346. The fraction of sp³-hybridized carbons (Fsp3) is 0.900. The Morgan fingerprint density at radius 3 is 2.83 bits per heavy atom. The molecule has 0 aromatic carbocycles. The van der Waals surface area contributed by atoms with Crippen LogP contribution in [0.3, 0.4) is 0 Å². The Morgan fingerprint density at radius 2 is 2.28 bits per heavy atom. The molecule has 18 heavy (non-hydrogen) atoms. The van der Waals surface area contributed by atoms with E-state index in [-0.39, 0.29) is 6.54 Å². The summed E-state index contributed by atoms with van der Waals surface area (Å²) >= 11 is 0. The Labute approximate surface area is 103 Å². The number of nitrogens with zero attached hydrogens (tertiary/aromatic N) is 1. The fourth-order valence-corrected chi connectivity index (χ4v) is 2.21. The number of aliphatic hydroxyl groups is 1. The highest BCUT2D eigenvalue weighted by molar-refractivity contribution is 5.76. The molecule has 2 amide bonds. The Kier molecular flexibility index (Phi) is 3.69. The van der Waals surface area contributed by atoms with E-state index in [1.54, 1.807) is 6.92 Å². The summed E-state index contributed by atoms with van der Waals surface area (Å²) in [5.41, 5.74) is 5.33. The molecule has 2 heterocycles. The average molecular weight is 264 g/mol. The van der Waals surface area contributed by atoms with E-state index in [9.17, 15) is 18.7 Å². The number of nitrogens with one attached hydrogen (secondary N) is 1. The monoisotopic (exact) mass is 264 g/mol. The number of urea groups is 1. The van der Waals surface area contributed by atoms with Crippen molar-refractivity contribution in [1.82, 2.24) is 10.2 Å². The second kappa shape index (κ2) is 4.94. The number of halogens is 2. The summed E-state index contributed by atoms with van der Waals surface area (Å²) in [4.78, 5) is 12.5. The van der Waals surface area contributed by atoms with E-state index in [0.29, 0.717) is 6.42 Å². The summed E-state index contributed by atoms with van der Waals surface area (Å²) in [5, 5.41) is 11.8. The molecule has 0 radical (unpaired) electrons. The second-order valence-electron chi connectivity index (χ2n) is 4.55. The second-order valence-corrected chi connectivity index (χ2v) is 4.55. The van der Waals surface area contributed by atoms with Gasteiger partial charge in [-0.3, -0.25) is 4.90 Å². The first-order valence-electron chi connectivity index (χ1n) is 5.90. The molecule has 0 unspecified atom stereocenters. The van der Waals surface area contributed by atoms with Crippen molar-refractivity contribution in [1.29, 1.82) is 0 Å². The van der Waals surface area contributed by atoms with Crippen LogP contribution in [0.25, 0.3) is 0 Å². The third-order valence-corrected chi connectivity index (χ3v) is 3.32. The molecule has 0 aliphatic carbocycles. The number of amides is 2. The van der Waals surface area contributed by atoms with Crippen molar-refractivity contribution in [3.05, 3.63) is 0 Å². The molecule has 2 aliphatic heterocycles. The number of aliphatic hydroxyl groups excluding tert-OH is 1. The molecule has 0 aromatic rings. The van der Waals surface area contributed by atoms with Crippen LogP contribution in [0.2, 0.25) is 0 Å². The Balaban J connectivity index is 2.10. The van der Waals surface area contributed by atoms with Gasteiger partial charge in [-0.05, 0) is 6.42 Å². The lowest BCUT2D eigenvalue weighted by molar-refractivity contribution is -0.0702. The number of hydrogen-bond donors (Lipinski definition) is 3.